The summed E-state index contributed by atoms with van der Waals surface area (Å²) in [5, 5.41) is 8.83. The summed E-state index contributed by atoms with van der Waals surface area (Å²) in [6.07, 6.45) is 0. The third-order valence-electron chi connectivity index (χ3n) is 4.27. The quantitative estimate of drug-likeness (QED) is 0.942. The predicted molar refractivity (Wildman–Crippen MR) is 81.9 cm³/mol. The van der Waals surface area contributed by atoms with E-state index >= 15 is 0 Å². The van der Waals surface area contributed by atoms with Crippen LogP contribution < -0.4 is 0 Å². The Balaban J connectivity index is 1.93. The summed E-state index contributed by atoms with van der Waals surface area (Å²) >= 11 is 0. The Morgan fingerprint density at radius 1 is 1.05 bits per heavy atom. The average molecular weight is 320 g/mol. The Kier molecular flexibility index (Phi) is 3.78. The van der Waals surface area contributed by atoms with E-state index in [4.69, 9.17) is 0 Å². The van der Waals surface area contributed by atoms with Gasteiger partial charge in [-0.05, 0) is 36.8 Å². The first kappa shape index (κ1) is 15.2. The highest BCUT2D eigenvalue weighted by Crippen LogP contribution is 2.53. The van der Waals surface area contributed by atoms with Crippen molar-refractivity contribution >= 4 is 9.84 Å². The maximum Gasteiger partial charge on any atom is 0.182 e. The molecular formula is C17H17FO3S. The minimum Gasteiger partial charge on any atom is -0.396 e. The van der Waals surface area contributed by atoms with Crippen LogP contribution in [-0.4, -0.2) is 25.4 Å². The third-order valence-corrected chi connectivity index (χ3v) is 6.56. The normalized spacial score (nSPS) is 24.2. The van der Waals surface area contributed by atoms with E-state index in [1.807, 2.05) is 6.92 Å². The molecule has 0 saturated heterocycles. The van der Waals surface area contributed by atoms with Gasteiger partial charge < -0.3 is 5.11 Å². The number of hydrogen-bond donors (Lipinski definition) is 1. The molecule has 0 aromatic heterocycles. The molecule has 2 aromatic carbocycles. The number of benzene rings is 2. The van der Waals surface area contributed by atoms with Crippen LogP contribution in [0.3, 0.4) is 0 Å². The van der Waals surface area contributed by atoms with E-state index in [0.29, 0.717) is 0 Å². The van der Waals surface area contributed by atoms with E-state index in [2.05, 4.69) is 0 Å². The minimum absolute atomic E-state index is 0.197. The summed E-state index contributed by atoms with van der Waals surface area (Å²) in [6, 6.07) is 12.5. The second kappa shape index (κ2) is 5.48. The molecule has 0 unspecified atom stereocenters. The fourth-order valence-corrected chi connectivity index (χ4v) is 5.19. The average Bonchev–Trinajstić information content (AvgIpc) is 3.24. The number of hydrogen-bond acceptors (Lipinski definition) is 3. The van der Waals surface area contributed by atoms with Crippen molar-refractivity contribution in [3.63, 3.8) is 0 Å². The van der Waals surface area contributed by atoms with Crippen molar-refractivity contribution in [2.75, 3.05) is 6.61 Å². The van der Waals surface area contributed by atoms with Gasteiger partial charge in [0.05, 0.1) is 10.1 Å². The molecule has 0 aliphatic heterocycles. The molecular weight excluding hydrogens is 303 g/mol. The third kappa shape index (κ3) is 2.55. The van der Waals surface area contributed by atoms with E-state index in [-0.39, 0.29) is 29.2 Å². The molecule has 3 nitrogen and oxygen atoms in total. The lowest BCUT2D eigenvalue weighted by atomic mass is 10.1. The van der Waals surface area contributed by atoms with Gasteiger partial charge in [-0.15, -0.1) is 0 Å². The molecule has 1 N–H and O–H groups in total. The summed E-state index contributed by atoms with van der Waals surface area (Å²) in [5.74, 6) is -0.975. The minimum atomic E-state index is -3.51. The fraction of sp³-hybridized carbons (Fsp3) is 0.294. The van der Waals surface area contributed by atoms with Crippen LogP contribution in [-0.2, 0) is 9.84 Å². The summed E-state index contributed by atoms with van der Waals surface area (Å²) in [4.78, 5) is 0.270. The highest BCUT2D eigenvalue weighted by Gasteiger charge is 2.58. The number of aryl methyl sites for hydroxylation is 1. The van der Waals surface area contributed by atoms with Crippen molar-refractivity contribution in [2.24, 2.45) is 5.92 Å². The molecule has 5 heteroatoms. The summed E-state index contributed by atoms with van der Waals surface area (Å²) in [7, 11) is -3.51. The smallest absolute Gasteiger partial charge is 0.182 e. The summed E-state index contributed by atoms with van der Waals surface area (Å²) in [5.41, 5.74) is 1.74. The molecule has 1 aliphatic rings. The van der Waals surface area contributed by atoms with Crippen LogP contribution in [0.15, 0.2) is 53.4 Å². The van der Waals surface area contributed by atoms with Gasteiger partial charge in [-0.3, -0.25) is 0 Å². The maximum absolute atomic E-state index is 13.0. The van der Waals surface area contributed by atoms with E-state index in [0.717, 1.165) is 11.1 Å². The molecule has 22 heavy (non-hydrogen) atoms. The highest BCUT2D eigenvalue weighted by atomic mass is 32.2. The van der Waals surface area contributed by atoms with Gasteiger partial charge >= 0.3 is 0 Å². The van der Waals surface area contributed by atoms with E-state index in [9.17, 15) is 17.9 Å². The molecule has 3 rings (SSSR count). The van der Waals surface area contributed by atoms with E-state index in [1.165, 1.54) is 12.1 Å². The lowest BCUT2D eigenvalue weighted by molar-refractivity contribution is 0.274. The zero-order valence-corrected chi connectivity index (χ0v) is 12.9. The highest BCUT2D eigenvalue weighted by molar-refractivity contribution is 7.92. The number of sulfone groups is 1. The lowest BCUT2D eigenvalue weighted by Crippen LogP contribution is -2.11. The van der Waals surface area contributed by atoms with Crippen LogP contribution in [0.1, 0.15) is 17.0 Å². The van der Waals surface area contributed by atoms with Crippen molar-refractivity contribution in [2.45, 2.75) is 23.0 Å². The molecule has 2 aromatic rings. The Labute approximate surface area is 129 Å². The van der Waals surface area contributed by atoms with Crippen molar-refractivity contribution in [1.29, 1.82) is 0 Å². The van der Waals surface area contributed by atoms with Crippen molar-refractivity contribution in [1.82, 2.24) is 0 Å². The number of aliphatic hydroxyl groups is 1. The molecule has 0 spiro atoms. The summed E-state index contributed by atoms with van der Waals surface area (Å²) in [6.45, 7) is 1.70. The first-order valence-corrected chi connectivity index (χ1v) is 8.66. The van der Waals surface area contributed by atoms with E-state index in [1.54, 1.807) is 36.4 Å². The molecule has 1 fully saturated rings. The van der Waals surface area contributed by atoms with Gasteiger partial charge in [-0.25, -0.2) is 12.8 Å². The van der Waals surface area contributed by atoms with Crippen molar-refractivity contribution in [3.05, 3.63) is 65.5 Å². The molecule has 1 aliphatic carbocycles. The van der Waals surface area contributed by atoms with Crippen LogP contribution in [0, 0.1) is 18.7 Å². The first-order chi connectivity index (χ1) is 10.4. The largest absolute Gasteiger partial charge is 0.396 e. The zero-order chi connectivity index (χ0) is 15.9. The molecule has 0 heterocycles. The second-order valence-electron chi connectivity index (χ2n) is 5.75. The summed E-state index contributed by atoms with van der Waals surface area (Å²) < 4.78 is 38.5. The van der Waals surface area contributed by atoms with Gasteiger partial charge in [0, 0.05) is 18.4 Å². The Hall–Kier alpha value is -1.72. The van der Waals surface area contributed by atoms with E-state index < -0.39 is 15.1 Å². The van der Waals surface area contributed by atoms with Crippen LogP contribution in [0.25, 0.3) is 0 Å². The van der Waals surface area contributed by atoms with Crippen molar-refractivity contribution in [3.8, 4) is 0 Å². The Morgan fingerprint density at radius 3 is 2.18 bits per heavy atom. The second-order valence-corrected chi connectivity index (χ2v) is 7.85. The lowest BCUT2D eigenvalue weighted by Gasteiger charge is -2.05. The van der Waals surface area contributed by atoms with Crippen LogP contribution in [0.5, 0.6) is 0 Å². The maximum atomic E-state index is 13.0. The molecule has 3 atom stereocenters. The van der Waals surface area contributed by atoms with Crippen LogP contribution in [0.2, 0.25) is 0 Å². The Morgan fingerprint density at radius 2 is 1.64 bits per heavy atom. The number of rotatable bonds is 4. The monoisotopic (exact) mass is 320 g/mol. The van der Waals surface area contributed by atoms with Gasteiger partial charge in [-0.2, -0.15) is 0 Å². The molecule has 0 amide bonds. The van der Waals surface area contributed by atoms with Gasteiger partial charge in [0.2, 0.25) is 0 Å². The molecule has 0 bridgehead atoms. The SMILES string of the molecule is Cc1ccc(S(=O)(=O)[C@H]2[C@@H](CO)[C@@H]2c2ccc(F)cc2)cc1. The van der Waals surface area contributed by atoms with Gasteiger partial charge in [-0.1, -0.05) is 29.8 Å². The topological polar surface area (TPSA) is 54.4 Å². The zero-order valence-electron chi connectivity index (χ0n) is 12.1. The van der Waals surface area contributed by atoms with Crippen LogP contribution >= 0.6 is 0 Å². The molecule has 116 valence electrons. The predicted octanol–water partition coefficient (Wildman–Crippen LogP) is 2.68. The van der Waals surface area contributed by atoms with Gasteiger partial charge in [0.1, 0.15) is 5.82 Å². The number of halogens is 1. The Bertz CT molecular complexity index is 767. The number of aliphatic hydroxyl groups excluding tert-OH is 1. The van der Waals surface area contributed by atoms with Crippen molar-refractivity contribution < 1.29 is 17.9 Å². The van der Waals surface area contributed by atoms with Crippen LogP contribution in [0.4, 0.5) is 4.39 Å². The van der Waals surface area contributed by atoms with Gasteiger partial charge in [0.25, 0.3) is 0 Å². The standard InChI is InChI=1S/C17H17FO3S/c1-11-2-8-14(9-3-11)22(20,21)17-15(10-19)16(17)12-4-6-13(18)7-5-12/h2-9,15-17,19H,10H2,1H3/t15-,16-,17-/m0/s1. The molecule has 0 radical (unpaired) electrons. The molecule has 1 saturated carbocycles. The van der Waals surface area contributed by atoms with Gasteiger partial charge in [0.15, 0.2) is 9.84 Å². The first-order valence-electron chi connectivity index (χ1n) is 7.12. The fourth-order valence-electron chi connectivity index (χ4n) is 2.99.